The lowest BCUT2D eigenvalue weighted by molar-refractivity contribution is -0.117. The van der Waals surface area contributed by atoms with Crippen molar-refractivity contribution >= 4 is 34.8 Å². The highest BCUT2D eigenvalue weighted by Gasteiger charge is 2.29. The molecule has 1 fully saturated rings. The molecule has 1 aliphatic rings. The van der Waals surface area contributed by atoms with E-state index in [9.17, 15) is 9.90 Å². The molecule has 0 saturated carbocycles. The zero-order valence-corrected chi connectivity index (χ0v) is 13.6. The van der Waals surface area contributed by atoms with E-state index in [1.165, 1.54) is 6.08 Å². The van der Waals surface area contributed by atoms with Gasteiger partial charge in [0, 0.05) is 17.6 Å². The summed E-state index contributed by atoms with van der Waals surface area (Å²) in [5, 5.41) is 13.8. The Labute approximate surface area is 134 Å². The number of benzene rings is 1. The highest BCUT2D eigenvalue weighted by molar-refractivity contribution is 7.99. The maximum Gasteiger partial charge on any atom is 0.244 e. The molecule has 1 aromatic rings. The lowest BCUT2D eigenvalue weighted by Crippen LogP contribution is -2.45. The van der Waals surface area contributed by atoms with Crippen LogP contribution in [-0.2, 0) is 4.79 Å². The number of aliphatic hydroxyl groups is 1. The van der Waals surface area contributed by atoms with Gasteiger partial charge in [-0.3, -0.25) is 4.79 Å². The summed E-state index contributed by atoms with van der Waals surface area (Å²) in [4.78, 5) is 12.0. The molecule has 0 unspecified atom stereocenters. The summed E-state index contributed by atoms with van der Waals surface area (Å²) in [6.45, 7) is 2.16. The van der Waals surface area contributed by atoms with Crippen molar-refractivity contribution < 1.29 is 9.90 Å². The fourth-order valence-corrected chi connectivity index (χ4v) is 3.82. The lowest BCUT2D eigenvalue weighted by atomic mass is 9.97. The van der Waals surface area contributed by atoms with Crippen molar-refractivity contribution in [3.05, 3.63) is 40.9 Å². The summed E-state index contributed by atoms with van der Waals surface area (Å²) in [7, 11) is 0. The number of hydrogen-bond donors (Lipinski definition) is 2. The maximum atomic E-state index is 12.0. The minimum absolute atomic E-state index is 0.195. The lowest BCUT2D eigenvalue weighted by Gasteiger charge is -2.31. The van der Waals surface area contributed by atoms with Gasteiger partial charge in [-0.05, 0) is 48.5 Å². The van der Waals surface area contributed by atoms with E-state index in [0.717, 1.165) is 35.5 Å². The summed E-state index contributed by atoms with van der Waals surface area (Å²) in [6.07, 6.45) is 2.98. The molecule has 1 heterocycles. The van der Waals surface area contributed by atoms with E-state index in [4.69, 9.17) is 11.6 Å². The molecule has 0 aliphatic carbocycles. The van der Waals surface area contributed by atoms with E-state index in [2.05, 4.69) is 5.32 Å². The largest absolute Gasteiger partial charge is 0.388 e. The molecule has 1 amide bonds. The number of halogens is 1. The molecule has 1 aromatic carbocycles. The molecule has 2 rings (SSSR count). The number of thioether (sulfide) groups is 1. The van der Waals surface area contributed by atoms with Crippen LogP contribution in [0.2, 0.25) is 5.02 Å². The van der Waals surface area contributed by atoms with Gasteiger partial charge in [0.2, 0.25) is 5.91 Å². The molecule has 5 heteroatoms. The minimum atomic E-state index is -0.757. The highest BCUT2D eigenvalue weighted by atomic mass is 35.5. The molecule has 1 saturated heterocycles. The Morgan fingerprint density at radius 1 is 1.43 bits per heavy atom. The number of hydrogen-bond acceptors (Lipinski definition) is 3. The summed E-state index contributed by atoms with van der Waals surface area (Å²) >= 11 is 7.95. The van der Waals surface area contributed by atoms with Crippen LogP contribution in [0.4, 0.5) is 0 Å². The van der Waals surface area contributed by atoms with Crippen LogP contribution in [0.15, 0.2) is 30.3 Å². The Bertz CT molecular complexity index is 539. The molecular formula is C16H20ClNO2S. The fourth-order valence-electron chi connectivity index (χ4n) is 2.29. The molecule has 0 radical (unpaired) electrons. The zero-order chi connectivity index (χ0) is 15.3. The molecule has 3 nitrogen and oxygen atoms in total. The quantitative estimate of drug-likeness (QED) is 0.836. The number of allylic oxidation sites excluding steroid dienone is 1. The Morgan fingerprint density at radius 2 is 2.10 bits per heavy atom. The van der Waals surface area contributed by atoms with Crippen molar-refractivity contribution in [2.45, 2.75) is 25.4 Å². The third-order valence-electron chi connectivity index (χ3n) is 3.66. The molecule has 1 aliphatic heterocycles. The van der Waals surface area contributed by atoms with Gasteiger partial charge in [0.25, 0.3) is 0 Å². The number of carbonyl (C=O) groups excluding carboxylic acids is 1. The minimum Gasteiger partial charge on any atom is -0.388 e. The third-order valence-corrected chi connectivity index (χ3v) is 4.98. The van der Waals surface area contributed by atoms with E-state index in [-0.39, 0.29) is 5.91 Å². The smallest absolute Gasteiger partial charge is 0.244 e. The van der Waals surface area contributed by atoms with Gasteiger partial charge in [0.15, 0.2) is 0 Å². The normalized spacial score (nSPS) is 18.3. The monoisotopic (exact) mass is 325 g/mol. The summed E-state index contributed by atoms with van der Waals surface area (Å²) in [5.41, 5.74) is 0.902. The molecule has 0 aromatic heterocycles. The SMILES string of the molecule is CC(=CC(=O)NCC1(O)CCSCC1)c1ccccc1Cl. The summed E-state index contributed by atoms with van der Waals surface area (Å²) in [5.74, 6) is 1.70. The first-order chi connectivity index (χ1) is 10.0. The second kappa shape index (κ2) is 7.34. The Hall–Kier alpha value is -0.970. The van der Waals surface area contributed by atoms with Gasteiger partial charge in [-0.25, -0.2) is 0 Å². The molecule has 0 spiro atoms. The second-order valence-electron chi connectivity index (χ2n) is 5.36. The Kier molecular flexibility index (Phi) is 5.73. The van der Waals surface area contributed by atoms with Crippen molar-refractivity contribution in [1.29, 1.82) is 0 Å². The highest BCUT2D eigenvalue weighted by Crippen LogP contribution is 2.26. The van der Waals surface area contributed by atoms with Gasteiger partial charge >= 0.3 is 0 Å². The summed E-state index contributed by atoms with van der Waals surface area (Å²) < 4.78 is 0. The van der Waals surface area contributed by atoms with Gasteiger partial charge < -0.3 is 10.4 Å². The molecule has 2 N–H and O–H groups in total. The van der Waals surface area contributed by atoms with Gasteiger partial charge in [0.05, 0.1) is 5.60 Å². The van der Waals surface area contributed by atoms with Crippen LogP contribution < -0.4 is 5.32 Å². The predicted octanol–water partition coefficient (Wildman–Crippen LogP) is 3.12. The van der Waals surface area contributed by atoms with Crippen molar-refractivity contribution in [3.8, 4) is 0 Å². The molecule has 0 bridgehead atoms. The number of rotatable bonds is 4. The number of amides is 1. The first-order valence-corrected chi connectivity index (χ1v) is 8.55. The first kappa shape index (κ1) is 16.4. The molecule has 114 valence electrons. The fraction of sp³-hybridized carbons (Fsp3) is 0.438. The number of carbonyl (C=O) groups is 1. The Balaban J connectivity index is 1.94. The summed E-state index contributed by atoms with van der Waals surface area (Å²) in [6, 6.07) is 7.43. The topological polar surface area (TPSA) is 49.3 Å². The molecule has 0 atom stereocenters. The van der Waals surface area contributed by atoms with Crippen molar-refractivity contribution in [3.63, 3.8) is 0 Å². The van der Waals surface area contributed by atoms with Crippen LogP contribution in [0.5, 0.6) is 0 Å². The van der Waals surface area contributed by atoms with Gasteiger partial charge in [-0.2, -0.15) is 11.8 Å². The van der Waals surface area contributed by atoms with Crippen LogP contribution in [0.25, 0.3) is 5.57 Å². The maximum absolute atomic E-state index is 12.0. The average Bonchev–Trinajstić information content (AvgIpc) is 2.46. The van der Waals surface area contributed by atoms with E-state index in [1.54, 1.807) is 6.07 Å². The molecule has 21 heavy (non-hydrogen) atoms. The van der Waals surface area contributed by atoms with Crippen LogP contribution >= 0.6 is 23.4 Å². The van der Waals surface area contributed by atoms with Crippen molar-refractivity contribution in [2.75, 3.05) is 18.1 Å². The average molecular weight is 326 g/mol. The third kappa shape index (κ3) is 4.77. The molecular weight excluding hydrogens is 306 g/mol. The van der Waals surface area contributed by atoms with Crippen molar-refractivity contribution in [1.82, 2.24) is 5.32 Å². The van der Waals surface area contributed by atoms with E-state index in [0.29, 0.717) is 11.6 Å². The zero-order valence-electron chi connectivity index (χ0n) is 12.1. The van der Waals surface area contributed by atoms with Gasteiger partial charge in [0.1, 0.15) is 0 Å². The second-order valence-corrected chi connectivity index (χ2v) is 6.99. The van der Waals surface area contributed by atoms with Crippen LogP contribution in [0, 0.1) is 0 Å². The van der Waals surface area contributed by atoms with Crippen LogP contribution in [0.3, 0.4) is 0 Å². The van der Waals surface area contributed by atoms with Crippen molar-refractivity contribution in [2.24, 2.45) is 0 Å². The van der Waals surface area contributed by atoms with Gasteiger partial charge in [-0.1, -0.05) is 29.8 Å². The first-order valence-electron chi connectivity index (χ1n) is 7.01. The van der Waals surface area contributed by atoms with E-state index in [1.807, 2.05) is 36.9 Å². The predicted molar refractivity (Wildman–Crippen MR) is 89.6 cm³/mol. The standard InChI is InChI=1S/C16H20ClNO2S/c1-12(13-4-2-3-5-14(13)17)10-15(19)18-11-16(20)6-8-21-9-7-16/h2-5,10,20H,6-9,11H2,1H3,(H,18,19). The van der Waals surface area contributed by atoms with Crippen LogP contribution in [0.1, 0.15) is 25.3 Å². The van der Waals surface area contributed by atoms with Gasteiger partial charge in [-0.15, -0.1) is 0 Å². The van der Waals surface area contributed by atoms with Crippen LogP contribution in [-0.4, -0.2) is 34.7 Å². The number of nitrogens with one attached hydrogen (secondary N) is 1. The van der Waals surface area contributed by atoms with E-state index >= 15 is 0 Å². The Morgan fingerprint density at radius 3 is 2.76 bits per heavy atom. The van der Waals surface area contributed by atoms with E-state index < -0.39 is 5.60 Å².